The van der Waals surface area contributed by atoms with E-state index in [9.17, 15) is 0 Å². The Morgan fingerprint density at radius 1 is 0.808 bits per heavy atom. The van der Waals surface area contributed by atoms with E-state index in [1.165, 1.54) is 0 Å². The van der Waals surface area contributed by atoms with Gasteiger partial charge in [-0.1, -0.05) is 0 Å². The van der Waals surface area contributed by atoms with Crippen molar-refractivity contribution in [2.24, 2.45) is 14.1 Å². The van der Waals surface area contributed by atoms with Gasteiger partial charge in [-0.15, -0.1) is 0 Å². The molecule has 7 nitrogen and oxygen atoms in total. The van der Waals surface area contributed by atoms with Crippen molar-refractivity contribution >= 4 is 11.0 Å². The molecule has 0 aliphatic heterocycles. The summed E-state index contributed by atoms with van der Waals surface area (Å²) in [6.45, 7) is 8.03. The first-order valence-corrected chi connectivity index (χ1v) is 8.50. The summed E-state index contributed by atoms with van der Waals surface area (Å²) >= 11 is 0. The Balaban J connectivity index is 2.07. The van der Waals surface area contributed by atoms with E-state index in [1.807, 2.05) is 50.4 Å². The summed E-state index contributed by atoms with van der Waals surface area (Å²) < 4.78 is 3.74. The monoisotopic (exact) mass is 347 g/mol. The van der Waals surface area contributed by atoms with Crippen molar-refractivity contribution < 1.29 is 0 Å². The lowest BCUT2D eigenvalue weighted by atomic mass is 10.0. The van der Waals surface area contributed by atoms with E-state index < -0.39 is 0 Å². The molecule has 0 saturated carbocycles. The Bertz CT molecular complexity index is 1130. The first-order chi connectivity index (χ1) is 12.4. The van der Waals surface area contributed by atoms with Crippen molar-refractivity contribution in [3.63, 3.8) is 0 Å². The molecule has 4 heterocycles. The lowest BCUT2D eigenvalue weighted by molar-refractivity contribution is 0.731. The molecule has 0 spiro atoms. The van der Waals surface area contributed by atoms with Crippen molar-refractivity contribution in [1.82, 2.24) is 34.5 Å². The van der Waals surface area contributed by atoms with Gasteiger partial charge in [0.2, 0.25) is 0 Å². The number of fused-ring (bicyclic) bond motifs is 1. The molecule has 0 aromatic carbocycles. The first-order valence-electron chi connectivity index (χ1n) is 8.50. The molecular weight excluding hydrogens is 326 g/mol. The molecule has 7 heteroatoms. The van der Waals surface area contributed by atoms with Crippen molar-refractivity contribution in [2.45, 2.75) is 27.7 Å². The van der Waals surface area contributed by atoms with Crippen LogP contribution in [-0.4, -0.2) is 34.5 Å². The van der Waals surface area contributed by atoms with E-state index in [2.05, 4.69) is 33.2 Å². The molecule has 26 heavy (non-hydrogen) atoms. The zero-order valence-corrected chi connectivity index (χ0v) is 15.9. The molecule has 0 unspecified atom stereocenters. The van der Waals surface area contributed by atoms with Crippen molar-refractivity contribution in [1.29, 1.82) is 0 Å². The highest BCUT2D eigenvalue weighted by Gasteiger charge is 2.20. The van der Waals surface area contributed by atoms with Gasteiger partial charge in [0.25, 0.3) is 0 Å². The van der Waals surface area contributed by atoms with Crippen LogP contribution < -0.4 is 0 Å². The summed E-state index contributed by atoms with van der Waals surface area (Å²) in [6.07, 6.45) is 3.59. The predicted molar refractivity (Wildman–Crippen MR) is 101 cm³/mol. The van der Waals surface area contributed by atoms with Gasteiger partial charge in [-0.25, -0.2) is 4.98 Å². The van der Waals surface area contributed by atoms with Gasteiger partial charge in [-0.05, 0) is 33.8 Å². The summed E-state index contributed by atoms with van der Waals surface area (Å²) in [5.74, 6) is 0. The molecule has 4 aromatic rings. The van der Waals surface area contributed by atoms with Crippen LogP contribution in [0.3, 0.4) is 0 Å². The lowest BCUT2D eigenvalue weighted by Gasteiger charge is -2.08. The van der Waals surface area contributed by atoms with Crippen LogP contribution in [0.15, 0.2) is 18.5 Å². The van der Waals surface area contributed by atoms with Crippen molar-refractivity contribution in [3.05, 3.63) is 41.2 Å². The Morgan fingerprint density at radius 3 is 2.15 bits per heavy atom. The fraction of sp³-hybridized carbons (Fsp3) is 0.316. The maximum atomic E-state index is 4.83. The molecule has 4 rings (SSSR count). The summed E-state index contributed by atoms with van der Waals surface area (Å²) in [6, 6.07) is 2.08. The Kier molecular flexibility index (Phi) is 3.61. The van der Waals surface area contributed by atoms with Gasteiger partial charge in [0.05, 0.1) is 34.4 Å². The van der Waals surface area contributed by atoms with E-state index in [0.717, 1.165) is 50.7 Å². The Hall–Kier alpha value is -3.09. The number of aryl methyl sites for hydroxylation is 5. The molecule has 132 valence electrons. The fourth-order valence-corrected chi connectivity index (χ4v) is 3.35. The second kappa shape index (κ2) is 5.72. The summed E-state index contributed by atoms with van der Waals surface area (Å²) in [5.41, 5.74) is 8.38. The van der Waals surface area contributed by atoms with Crippen LogP contribution in [-0.2, 0) is 14.1 Å². The topological polar surface area (TPSA) is 74.3 Å². The van der Waals surface area contributed by atoms with Crippen molar-refractivity contribution in [2.75, 3.05) is 0 Å². The largest absolute Gasteiger partial charge is 0.272 e. The van der Waals surface area contributed by atoms with E-state index in [4.69, 9.17) is 4.98 Å². The molecule has 0 N–H and O–H groups in total. The summed E-state index contributed by atoms with van der Waals surface area (Å²) in [5, 5.41) is 10.1. The van der Waals surface area contributed by atoms with Gasteiger partial charge in [0, 0.05) is 42.8 Å². The third-order valence-corrected chi connectivity index (χ3v) is 4.91. The van der Waals surface area contributed by atoms with Gasteiger partial charge in [0.1, 0.15) is 0 Å². The standard InChI is InChI=1S/C19H21N7/c1-10-8-21-16(9-20-10)14-7-15(17-11(2)23-25(5)12(17)3)22-19-18(14)13(4)26(6)24-19/h7-9H,1-6H3. The minimum absolute atomic E-state index is 0.711. The van der Waals surface area contributed by atoms with Crippen LogP contribution in [0.5, 0.6) is 0 Å². The average molecular weight is 347 g/mol. The SMILES string of the molecule is Cc1cnc(-c2cc(-c3c(C)nn(C)c3C)nc3nn(C)c(C)c23)cn1. The molecular formula is C19H21N7. The van der Waals surface area contributed by atoms with Gasteiger partial charge in [0.15, 0.2) is 5.65 Å². The van der Waals surface area contributed by atoms with Crippen LogP contribution >= 0.6 is 0 Å². The maximum Gasteiger partial charge on any atom is 0.182 e. The highest BCUT2D eigenvalue weighted by molar-refractivity contribution is 5.96. The minimum atomic E-state index is 0.711. The number of hydrogen-bond donors (Lipinski definition) is 0. The zero-order valence-electron chi connectivity index (χ0n) is 15.9. The highest BCUT2D eigenvalue weighted by atomic mass is 15.3. The molecule has 0 saturated heterocycles. The summed E-state index contributed by atoms with van der Waals surface area (Å²) in [4.78, 5) is 13.8. The number of nitrogens with zero attached hydrogens (tertiary/aromatic N) is 7. The third-order valence-electron chi connectivity index (χ3n) is 4.91. The van der Waals surface area contributed by atoms with E-state index >= 15 is 0 Å². The van der Waals surface area contributed by atoms with Crippen LogP contribution in [0.1, 0.15) is 22.8 Å². The lowest BCUT2D eigenvalue weighted by Crippen LogP contribution is -1.95. The minimum Gasteiger partial charge on any atom is -0.272 e. The average Bonchev–Trinajstić information content (AvgIpc) is 3.03. The molecule has 4 aromatic heterocycles. The number of pyridine rings is 1. The fourth-order valence-electron chi connectivity index (χ4n) is 3.35. The molecule has 0 aliphatic rings. The van der Waals surface area contributed by atoms with Gasteiger partial charge < -0.3 is 0 Å². The number of rotatable bonds is 2. The van der Waals surface area contributed by atoms with Crippen LogP contribution in [0, 0.1) is 27.7 Å². The molecule has 0 amide bonds. The Labute approximate surface area is 151 Å². The smallest absolute Gasteiger partial charge is 0.182 e. The molecule has 0 aliphatic carbocycles. The second-order valence-electron chi connectivity index (χ2n) is 6.68. The number of aromatic nitrogens is 7. The van der Waals surface area contributed by atoms with E-state index in [0.29, 0.717) is 5.65 Å². The van der Waals surface area contributed by atoms with E-state index in [-0.39, 0.29) is 0 Å². The quantitative estimate of drug-likeness (QED) is 0.557. The van der Waals surface area contributed by atoms with E-state index in [1.54, 1.807) is 6.20 Å². The molecule has 0 fully saturated rings. The highest BCUT2D eigenvalue weighted by Crippen LogP contribution is 2.34. The van der Waals surface area contributed by atoms with Crippen molar-refractivity contribution in [3.8, 4) is 22.5 Å². The number of hydrogen-bond acceptors (Lipinski definition) is 5. The second-order valence-corrected chi connectivity index (χ2v) is 6.68. The normalized spacial score (nSPS) is 11.5. The Morgan fingerprint density at radius 2 is 1.54 bits per heavy atom. The van der Waals surface area contributed by atoms with Crippen LogP contribution in [0.25, 0.3) is 33.5 Å². The predicted octanol–water partition coefficient (Wildman–Crippen LogP) is 3.06. The zero-order chi connectivity index (χ0) is 18.6. The summed E-state index contributed by atoms with van der Waals surface area (Å²) in [7, 11) is 3.88. The molecule has 0 atom stereocenters. The van der Waals surface area contributed by atoms with Crippen LogP contribution in [0.4, 0.5) is 0 Å². The third kappa shape index (κ3) is 2.39. The van der Waals surface area contributed by atoms with Gasteiger partial charge in [-0.2, -0.15) is 10.2 Å². The van der Waals surface area contributed by atoms with Gasteiger partial charge in [-0.3, -0.25) is 19.3 Å². The maximum absolute atomic E-state index is 4.83. The van der Waals surface area contributed by atoms with Gasteiger partial charge >= 0.3 is 0 Å². The first kappa shape index (κ1) is 16.4. The molecule has 0 bridgehead atoms. The molecule has 0 radical (unpaired) electrons. The van der Waals surface area contributed by atoms with Crippen LogP contribution in [0.2, 0.25) is 0 Å².